The first-order valence-corrected chi connectivity index (χ1v) is 12.1. The van der Waals surface area contributed by atoms with Crippen molar-refractivity contribution in [1.29, 1.82) is 0 Å². The first-order valence-electron chi connectivity index (χ1n) is 12.1. The van der Waals surface area contributed by atoms with Crippen LogP contribution in [0, 0.1) is 5.92 Å². The fourth-order valence-electron chi connectivity index (χ4n) is 4.75. The van der Waals surface area contributed by atoms with E-state index in [1.54, 1.807) is 29.3 Å². The molecule has 2 aromatic carbocycles. The van der Waals surface area contributed by atoms with Crippen molar-refractivity contribution in [2.45, 2.75) is 58.7 Å². The molecule has 0 saturated carbocycles. The number of aromatic nitrogens is 4. The summed E-state index contributed by atoms with van der Waals surface area (Å²) in [5, 5.41) is 18.8. The van der Waals surface area contributed by atoms with E-state index in [-0.39, 0.29) is 18.2 Å². The van der Waals surface area contributed by atoms with Gasteiger partial charge in [0, 0.05) is 11.6 Å². The molecule has 186 valence electrons. The normalized spacial score (nSPS) is 20.3. The summed E-state index contributed by atoms with van der Waals surface area (Å²) in [6.45, 7) is 9.81. The van der Waals surface area contributed by atoms with Gasteiger partial charge >= 0.3 is 13.2 Å². The zero-order chi connectivity index (χ0) is 25.8. The zero-order valence-corrected chi connectivity index (χ0v) is 21.1. The second-order valence-electron chi connectivity index (χ2n) is 10.6. The Balaban J connectivity index is 1.47. The van der Waals surface area contributed by atoms with Crippen LogP contribution in [-0.2, 0) is 4.74 Å². The Morgan fingerprint density at radius 2 is 1.83 bits per heavy atom. The number of rotatable bonds is 3. The minimum atomic E-state index is -1.55. The van der Waals surface area contributed by atoms with Crippen LogP contribution in [0.15, 0.2) is 42.6 Å². The van der Waals surface area contributed by atoms with Gasteiger partial charge in [0.2, 0.25) is 0 Å². The maximum absolute atomic E-state index is 13.0. The molecule has 1 aliphatic heterocycles. The van der Waals surface area contributed by atoms with E-state index in [0.717, 1.165) is 28.8 Å². The van der Waals surface area contributed by atoms with Gasteiger partial charge in [-0.3, -0.25) is 9.88 Å². The summed E-state index contributed by atoms with van der Waals surface area (Å²) in [5.41, 5.74) is 4.25. The molecule has 5 rings (SSSR count). The number of hydrogen-bond acceptors (Lipinski definition) is 7. The second kappa shape index (κ2) is 8.87. The van der Waals surface area contributed by atoms with E-state index in [2.05, 4.69) is 23.8 Å². The smallest absolute Gasteiger partial charge is 0.444 e. The molecule has 2 aromatic heterocycles. The molecule has 1 amide bonds. The number of nitrogens with zero attached hydrogens (tertiary/aromatic N) is 4. The van der Waals surface area contributed by atoms with Gasteiger partial charge in [0.25, 0.3) is 0 Å². The molecule has 0 bridgehead atoms. The minimum absolute atomic E-state index is 0.0361. The van der Waals surface area contributed by atoms with Crippen LogP contribution in [0.4, 0.5) is 4.79 Å². The lowest BCUT2D eigenvalue weighted by Gasteiger charge is -2.31. The first kappa shape index (κ1) is 24.2. The zero-order valence-electron chi connectivity index (χ0n) is 21.1. The molecule has 3 N–H and O–H groups in total. The molecule has 1 saturated heterocycles. The van der Waals surface area contributed by atoms with Crippen LogP contribution >= 0.6 is 0 Å². The van der Waals surface area contributed by atoms with Gasteiger partial charge in [-0.25, -0.2) is 14.8 Å². The van der Waals surface area contributed by atoms with E-state index in [0.29, 0.717) is 28.1 Å². The molecule has 4 aromatic rings. The molecule has 36 heavy (non-hydrogen) atoms. The Bertz CT molecular complexity index is 1450. The third-order valence-electron chi connectivity index (χ3n) is 6.77. The number of imidazole rings is 1. The van der Waals surface area contributed by atoms with Gasteiger partial charge in [0.15, 0.2) is 0 Å². The Morgan fingerprint density at radius 3 is 2.56 bits per heavy atom. The maximum Gasteiger partial charge on any atom is 0.488 e. The van der Waals surface area contributed by atoms with Gasteiger partial charge in [-0.05, 0) is 69.8 Å². The van der Waals surface area contributed by atoms with Crippen molar-refractivity contribution in [3.63, 3.8) is 0 Å². The number of likely N-dealkylation sites (tertiary alicyclic amines) is 1. The molecule has 0 radical (unpaired) electrons. The van der Waals surface area contributed by atoms with Crippen LogP contribution in [0.2, 0.25) is 0 Å². The summed E-state index contributed by atoms with van der Waals surface area (Å²) in [5.74, 6) is 1.05. The molecule has 1 aliphatic rings. The highest BCUT2D eigenvalue weighted by atomic mass is 16.6. The van der Waals surface area contributed by atoms with E-state index in [1.165, 1.54) is 0 Å². The Morgan fingerprint density at radius 1 is 1.08 bits per heavy atom. The second-order valence-corrected chi connectivity index (χ2v) is 10.6. The molecule has 3 heterocycles. The molecule has 3 atom stereocenters. The summed E-state index contributed by atoms with van der Waals surface area (Å²) in [6.07, 6.45) is 2.14. The van der Waals surface area contributed by atoms with E-state index < -0.39 is 12.7 Å². The minimum Gasteiger partial charge on any atom is -0.444 e. The third-order valence-corrected chi connectivity index (χ3v) is 6.77. The Hall–Kier alpha value is -3.50. The Kier molecular flexibility index (Phi) is 5.96. The monoisotopic (exact) mass is 487 g/mol. The lowest BCUT2D eigenvalue weighted by atomic mass is 9.80. The van der Waals surface area contributed by atoms with Crippen LogP contribution in [0.3, 0.4) is 0 Å². The predicted octanol–water partition coefficient (Wildman–Crippen LogP) is 3.56. The van der Waals surface area contributed by atoms with Gasteiger partial charge in [-0.15, -0.1) is 0 Å². The summed E-state index contributed by atoms with van der Waals surface area (Å²) < 4.78 is 5.70. The number of carbonyl (C=O) groups is 1. The van der Waals surface area contributed by atoms with Crippen molar-refractivity contribution in [3.05, 3.63) is 48.4 Å². The molecule has 10 heteroatoms. The third kappa shape index (κ3) is 4.54. The van der Waals surface area contributed by atoms with Crippen LogP contribution in [0.1, 0.15) is 52.9 Å². The molecule has 0 unspecified atom stereocenters. The van der Waals surface area contributed by atoms with E-state index in [9.17, 15) is 14.8 Å². The number of fused-ring (bicyclic) bond motifs is 2. The molecule has 1 fully saturated rings. The fourth-order valence-corrected chi connectivity index (χ4v) is 4.75. The van der Waals surface area contributed by atoms with Crippen molar-refractivity contribution in [2.75, 3.05) is 0 Å². The van der Waals surface area contributed by atoms with Crippen molar-refractivity contribution in [3.8, 4) is 11.3 Å². The SMILES string of the molecule is C[C@@H]1C[C@@H](c2nc3ccc(-c4cnc5cc(B(O)O)ccc5n4)cc3[nH]2)N(C(=O)OC(C)(C)C)[C@@H]1C. The molecular formula is C26H30BN5O4. The summed E-state index contributed by atoms with van der Waals surface area (Å²) >= 11 is 0. The summed E-state index contributed by atoms with van der Waals surface area (Å²) in [4.78, 5) is 32.2. The van der Waals surface area contributed by atoms with Gasteiger partial charge in [-0.2, -0.15) is 0 Å². The van der Waals surface area contributed by atoms with Crippen molar-refractivity contribution in [1.82, 2.24) is 24.8 Å². The molecule has 0 spiro atoms. The molecular weight excluding hydrogens is 457 g/mol. The van der Waals surface area contributed by atoms with Crippen LogP contribution in [0.25, 0.3) is 33.3 Å². The lowest BCUT2D eigenvalue weighted by molar-refractivity contribution is 0.0140. The standard InChI is InChI=1S/C26H30BN5O4/c1-14-10-23(32(15(14)2)25(33)36-26(3,4)5)24-30-19-8-6-16(11-21(19)31-24)22-13-28-20-12-17(27(34)35)7-9-18(20)29-22/h6-9,11-15,23,34-35H,10H2,1-5H3,(H,30,31)/t14-,15-,23+/m1/s1. The molecule has 9 nitrogen and oxygen atoms in total. The van der Waals surface area contributed by atoms with Gasteiger partial charge in [0.1, 0.15) is 11.4 Å². The highest BCUT2D eigenvalue weighted by Gasteiger charge is 2.43. The van der Waals surface area contributed by atoms with E-state index in [1.807, 2.05) is 39.0 Å². The Labute approximate surface area is 209 Å². The fraction of sp³-hybridized carbons (Fsp3) is 0.385. The predicted molar refractivity (Wildman–Crippen MR) is 139 cm³/mol. The largest absolute Gasteiger partial charge is 0.488 e. The number of H-pyrrole nitrogens is 1. The number of hydrogen-bond donors (Lipinski definition) is 3. The number of aromatic amines is 1. The van der Waals surface area contributed by atoms with Crippen LogP contribution in [-0.4, -0.2) is 59.7 Å². The van der Waals surface area contributed by atoms with Crippen molar-refractivity contribution >= 4 is 40.7 Å². The van der Waals surface area contributed by atoms with Gasteiger partial charge in [-0.1, -0.05) is 19.1 Å². The summed E-state index contributed by atoms with van der Waals surface area (Å²) in [6, 6.07) is 10.7. The number of benzene rings is 2. The highest BCUT2D eigenvalue weighted by Crippen LogP contribution is 2.40. The average Bonchev–Trinajstić information content (AvgIpc) is 3.37. The van der Waals surface area contributed by atoms with Crippen molar-refractivity contribution < 1.29 is 19.6 Å². The number of amides is 1. The number of ether oxygens (including phenoxy) is 1. The number of nitrogens with one attached hydrogen (secondary N) is 1. The number of carbonyl (C=O) groups excluding carboxylic acids is 1. The van der Waals surface area contributed by atoms with Crippen molar-refractivity contribution in [2.24, 2.45) is 5.92 Å². The highest BCUT2D eigenvalue weighted by molar-refractivity contribution is 6.58. The van der Waals surface area contributed by atoms with Gasteiger partial charge < -0.3 is 19.8 Å². The quantitative estimate of drug-likeness (QED) is 0.378. The first-order chi connectivity index (χ1) is 17.0. The van der Waals surface area contributed by atoms with Gasteiger partial charge in [0.05, 0.1) is 40.0 Å². The van der Waals surface area contributed by atoms with Crippen LogP contribution in [0.5, 0.6) is 0 Å². The average molecular weight is 487 g/mol. The van der Waals surface area contributed by atoms with E-state index >= 15 is 0 Å². The topological polar surface area (TPSA) is 124 Å². The van der Waals surface area contributed by atoms with E-state index in [4.69, 9.17) is 14.7 Å². The maximum atomic E-state index is 13.0. The molecule has 0 aliphatic carbocycles. The van der Waals surface area contributed by atoms with Crippen LogP contribution < -0.4 is 5.46 Å². The lowest BCUT2D eigenvalue weighted by Crippen LogP contribution is -2.41. The summed E-state index contributed by atoms with van der Waals surface area (Å²) in [7, 11) is -1.55.